The fraction of sp³-hybridized carbons (Fsp3) is 0.545. The van der Waals surface area contributed by atoms with Crippen molar-refractivity contribution in [3.8, 4) is 0 Å². The molecule has 0 saturated carbocycles. The fourth-order valence-electron chi connectivity index (χ4n) is 1.35. The van der Waals surface area contributed by atoms with Crippen molar-refractivity contribution in [3.05, 3.63) is 34.2 Å². The van der Waals surface area contributed by atoms with E-state index in [4.69, 9.17) is 0 Å². The first kappa shape index (κ1) is 11.0. The smallest absolute Gasteiger partial charge is 0.250 e. The van der Waals surface area contributed by atoms with Crippen LogP contribution in [0, 0.1) is 0 Å². The molecule has 1 aromatic heterocycles. The number of hydrogen-bond acceptors (Lipinski definition) is 2. The largest absolute Gasteiger partial charge is 0.313 e. The molecule has 1 aromatic rings. The Balaban J connectivity index is 3.13. The second kappa shape index (κ2) is 4.42. The number of rotatable bonds is 3. The fourth-order valence-corrected chi connectivity index (χ4v) is 1.35. The van der Waals surface area contributed by atoms with Gasteiger partial charge in [-0.2, -0.15) is 0 Å². The molecule has 0 aliphatic heterocycles. The van der Waals surface area contributed by atoms with E-state index in [1.54, 1.807) is 10.6 Å². The summed E-state index contributed by atoms with van der Waals surface area (Å²) in [6.45, 7) is 6.09. The van der Waals surface area contributed by atoms with Gasteiger partial charge in [-0.25, -0.2) is 0 Å². The highest BCUT2D eigenvalue weighted by atomic mass is 16.1. The summed E-state index contributed by atoms with van der Waals surface area (Å²) < 4.78 is 1.75. The Bertz CT molecular complexity index is 355. The maximum Gasteiger partial charge on any atom is 0.250 e. The first-order chi connectivity index (χ1) is 6.56. The molecular formula is C11H18N2O. The first-order valence-corrected chi connectivity index (χ1v) is 4.95. The van der Waals surface area contributed by atoms with Gasteiger partial charge in [-0.05, 0) is 33.4 Å². The van der Waals surface area contributed by atoms with E-state index in [1.807, 2.05) is 33.2 Å². The van der Waals surface area contributed by atoms with Gasteiger partial charge in [0.05, 0.1) is 0 Å². The minimum atomic E-state index is 0.0621. The number of nitrogens with zero attached hydrogens (tertiary/aromatic N) is 1. The Labute approximate surface area is 84.8 Å². The molecule has 14 heavy (non-hydrogen) atoms. The molecular weight excluding hydrogens is 176 g/mol. The van der Waals surface area contributed by atoms with E-state index in [9.17, 15) is 4.79 Å². The summed E-state index contributed by atoms with van der Waals surface area (Å²) in [5.41, 5.74) is 1.20. The van der Waals surface area contributed by atoms with Crippen molar-refractivity contribution in [2.45, 2.75) is 32.9 Å². The average molecular weight is 194 g/mol. The maximum atomic E-state index is 11.5. The molecule has 1 heterocycles. The molecule has 0 bridgehead atoms. The van der Waals surface area contributed by atoms with Crippen LogP contribution in [0.2, 0.25) is 0 Å². The van der Waals surface area contributed by atoms with Crippen LogP contribution in [0.15, 0.2) is 23.1 Å². The normalized spacial score (nSPS) is 13.2. The summed E-state index contributed by atoms with van der Waals surface area (Å²) in [6.07, 6.45) is 1.92. The lowest BCUT2D eigenvalue weighted by Gasteiger charge is -2.15. The molecule has 0 aliphatic carbocycles. The zero-order chi connectivity index (χ0) is 10.7. The van der Waals surface area contributed by atoms with Crippen molar-refractivity contribution in [2.75, 3.05) is 7.05 Å². The number of aromatic nitrogens is 1. The molecule has 0 radical (unpaired) electrons. The number of nitrogens with one attached hydrogen (secondary N) is 1. The number of pyridine rings is 1. The predicted molar refractivity (Wildman–Crippen MR) is 58.6 cm³/mol. The Hall–Kier alpha value is -1.09. The van der Waals surface area contributed by atoms with Gasteiger partial charge in [0, 0.05) is 24.3 Å². The van der Waals surface area contributed by atoms with Gasteiger partial charge in [0.25, 0.3) is 5.56 Å². The van der Waals surface area contributed by atoms with E-state index in [0.29, 0.717) is 0 Å². The lowest BCUT2D eigenvalue weighted by Crippen LogP contribution is -2.23. The summed E-state index contributed by atoms with van der Waals surface area (Å²) in [7, 11) is 1.91. The molecule has 0 aliphatic rings. The topological polar surface area (TPSA) is 34.0 Å². The van der Waals surface area contributed by atoms with Crippen LogP contribution in [0.25, 0.3) is 0 Å². The molecule has 0 aromatic carbocycles. The molecule has 1 N–H and O–H groups in total. The van der Waals surface area contributed by atoms with Gasteiger partial charge in [-0.15, -0.1) is 0 Å². The number of hydrogen-bond donors (Lipinski definition) is 1. The molecule has 0 saturated heterocycles. The molecule has 78 valence electrons. The lowest BCUT2D eigenvalue weighted by molar-refractivity contribution is 0.561. The zero-order valence-electron chi connectivity index (χ0n) is 9.24. The van der Waals surface area contributed by atoms with E-state index >= 15 is 0 Å². The highest BCUT2D eigenvalue weighted by Crippen LogP contribution is 2.10. The van der Waals surface area contributed by atoms with Crippen molar-refractivity contribution in [1.29, 1.82) is 0 Å². The summed E-state index contributed by atoms with van der Waals surface area (Å²) in [5.74, 6) is 0. The molecule has 1 atom stereocenters. The van der Waals surface area contributed by atoms with Crippen LogP contribution in [0.5, 0.6) is 0 Å². The van der Waals surface area contributed by atoms with Crippen molar-refractivity contribution in [3.63, 3.8) is 0 Å². The Morgan fingerprint density at radius 3 is 2.43 bits per heavy atom. The zero-order valence-corrected chi connectivity index (χ0v) is 9.24. The van der Waals surface area contributed by atoms with Crippen molar-refractivity contribution < 1.29 is 0 Å². The average Bonchev–Trinajstić information content (AvgIpc) is 2.17. The summed E-state index contributed by atoms with van der Waals surface area (Å²) in [4.78, 5) is 11.5. The van der Waals surface area contributed by atoms with Crippen LogP contribution in [0.3, 0.4) is 0 Å². The van der Waals surface area contributed by atoms with Crippen LogP contribution in [0.4, 0.5) is 0 Å². The summed E-state index contributed by atoms with van der Waals surface area (Å²) >= 11 is 0. The molecule has 3 heteroatoms. The standard InChI is InChI=1S/C11H18N2O/c1-8(2)13-7-10(9(3)12-4)5-6-11(13)14/h5-9,12H,1-4H3. The highest BCUT2D eigenvalue weighted by molar-refractivity contribution is 5.14. The SMILES string of the molecule is CNC(C)c1ccc(=O)n(C(C)C)c1. The summed E-state index contributed by atoms with van der Waals surface area (Å²) in [6, 6.07) is 4.00. The third kappa shape index (κ3) is 2.23. The Morgan fingerprint density at radius 2 is 1.93 bits per heavy atom. The van der Waals surface area contributed by atoms with E-state index < -0.39 is 0 Å². The van der Waals surface area contributed by atoms with Gasteiger partial charge in [-0.1, -0.05) is 6.07 Å². The van der Waals surface area contributed by atoms with Crippen LogP contribution in [-0.2, 0) is 0 Å². The van der Waals surface area contributed by atoms with Crippen molar-refractivity contribution in [2.24, 2.45) is 0 Å². The van der Waals surface area contributed by atoms with Crippen LogP contribution in [0.1, 0.15) is 38.4 Å². The van der Waals surface area contributed by atoms with Gasteiger partial charge in [0.2, 0.25) is 0 Å². The molecule has 0 amide bonds. The minimum absolute atomic E-state index is 0.0621. The molecule has 0 spiro atoms. The van der Waals surface area contributed by atoms with Crippen molar-refractivity contribution in [1.82, 2.24) is 9.88 Å². The minimum Gasteiger partial charge on any atom is -0.313 e. The van der Waals surface area contributed by atoms with Crippen LogP contribution in [-0.4, -0.2) is 11.6 Å². The Kier molecular flexibility index (Phi) is 3.47. The third-order valence-electron chi connectivity index (χ3n) is 2.45. The van der Waals surface area contributed by atoms with E-state index in [2.05, 4.69) is 12.2 Å². The van der Waals surface area contributed by atoms with Gasteiger partial charge < -0.3 is 9.88 Å². The lowest BCUT2D eigenvalue weighted by atomic mass is 10.1. The van der Waals surface area contributed by atoms with E-state index in [-0.39, 0.29) is 17.6 Å². The summed E-state index contributed by atoms with van der Waals surface area (Å²) in [5, 5.41) is 3.15. The van der Waals surface area contributed by atoms with E-state index in [0.717, 1.165) is 5.56 Å². The quantitative estimate of drug-likeness (QED) is 0.794. The van der Waals surface area contributed by atoms with Crippen LogP contribution < -0.4 is 10.9 Å². The van der Waals surface area contributed by atoms with E-state index in [1.165, 1.54) is 0 Å². The second-order valence-corrected chi connectivity index (χ2v) is 3.81. The molecule has 1 rings (SSSR count). The predicted octanol–water partition coefficient (Wildman–Crippen LogP) is 1.71. The van der Waals surface area contributed by atoms with Crippen molar-refractivity contribution >= 4 is 0 Å². The molecule has 0 fully saturated rings. The third-order valence-corrected chi connectivity index (χ3v) is 2.45. The maximum absolute atomic E-state index is 11.5. The molecule has 3 nitrogen and oxygen atoms in total. The van der Waals surface area contributed by atoms with Gasteiger partial charge in [-0.3, -0.25) is 4.79 Å². The van der Waals surface area contributed by atoms with Gasteiger partial charge in [0.15, 0.2) is 0 Å². The Morgan fingerprint density at radius 1 is 1.29 bits per heavy atom. The van der Waals surface area contributed by atoms with Crippen LogP contribution >= 0.6 is 0 Å². The highest BCUT2D eigenvalue weighted by Gasteiger charge is 2.06. The first-order valence-electron chi connectivity index (χ1n) is 4.95. The van der Waals surface area contributed by atoms with Gasteiger partial charge >= 0.3 is 0 Å². The molecule has 1 unspecified atom stereocenters. The van der Waals surface area contributed by atoms with Gasteiger partial charge in [0.1, 0.15) is 0 Å². The monoisotopic (exact) mass is 194 g/mol. The second-order valence-electron chi connectivity index (χ2n) is 3.81.